The number of aliphatic imine (C=N–C) groups is 1. The van der Waals surface area contributed by atoms with E-state index >= 15 is 0 Å². The Kier molecular flexibility index (Phi) is 6.03. The maximum absolute atomic E-state index is 5.98. The first-order valence-electron chi connectivity index (χ1n) is 10.0. The van der Waals surface area contributed by atoms with E-state index in [1.807, 2.05) is 0 Å². The van der Waals surface area contributed by atoms with E-state index in [0.717, 1.165) is 25.5 Å². The molecule has 3 aliphatic rings. The van der Waals surface area contributed by atoms with E-state index in [9.17, 15) is 0 Å². The number of likely N-dealkylation sites (N-methyl/N-ethyl adjacent to an activating group) is 1. The van der Waals surface area contributed by atoms with Gasteiger partial charge in [0.25, 0.3) is 0 Å². The van der Waals surface area contributed by atoms with Crippen molar-refractivity contribution in [3.63, 3.8) is 0 Å². The van der Waals surface area contributed by atoms with E-state index in [-0.39, 0.29) is 5.54 Å². The van der Waals surface area contributed by atoms with Crippen molar-refractivity contribution in [1.29, 1.82) is 0 Å². The molecule has 2 heterocycles. The molecular formula is C19H36N4O. The van der Waals surface area contributed by atoms with Crippen molar-refractivity contribution in [1.82, 2.24) is 15.5 Å². The highest BCUT2D eigenvalue weighted by atomic mass is 16.5. The van der Waals surface area contributed by atoms with Crippen LogP contribution in [0, 0.1) is 0 Å². The van der Waals surface area contributed by atoms with E-state index in [1.165, 1.54) is 51.4 Å². The summed E-state index contributed by atoms with van der Waals surface area (Å²) < 4.78 is 5.98. The van der Waals surface area contributed by atoms with Crippen molar-refractivity contribution in [3.05, 3.63) is 0 Å². The summed E-state index contributed by atoms with van der Waals surface area (Å²) in [6.45, 7) is 3.93. The van der Waals surface area contributed by atoms with Crippen LogP contribution in [0.5, 0.6) is 0 Å². The van der Waals surface area contributed by atoms with Crippen molar-refractivity contribution < 1.29 is 4.74 Å². The SMILES string of the molecule is CCNC(=NCC1(N(C)C)CCCCCC1)NC1CC2CCC1O2. The number of nitrogens with zero attached hydrogens (tertiary/aromatic N) is 2. The van der Waals surface area contributed by atoms with Crippen LogP contribution in [0.25, 0.3) is 0 Å². The third-order valence-electron chi connectivity index (χ3n) is 6.29. The lowest BCUT2D eigenvalue weighted by Gasteiger charge is -2.38. The zero-order valence-corrected chi connectivity index (χ0v) is 15.8. The first kappa shape index (κ1) is 18.0. The molecule has 138 valence electrons. The van der Waals surface area contributed by atoms with Crippen LogP contribution in [0.15, 0.2) is 4.99 Å². The number of hydrogen-bond acceptors (Lipinski definition) is 3. The Balaban J connectivity index is 1.65. The Morgan fingerprint density at radius 2 is 1.92 bits per heavy atom. The molecule has 3 rings (SSSR count). The number of rotatable bonds is 5. The molecular weight excluding hydrogens is 300 g/mol. The zero-order chi connectivity index (χ0) is 17.0. The van der Waals surface area contributed by atoms with Gasteiger partial charge in [-0.1, -0.05) is 25.7 Å². The largest absolute Gasteiger partial charge is 0.373 e. The van der Waals surface area contributed by atoms with Gasteiger partial charge in [0.2, 0.25) is 0 Å². The van der Waals surface area contributed by atoms with Crippen LogP contribution >= 0.6 is 0 Å². The molecule has 2 saturated heterocycles. The van der Waals surface area contributed by atoms with Crippen molar-refractivity contribution >= 4 is 5.96 Å². The maximum Gasteiger partial charge on any atom is 0.191 e. The van der Waals surface area contributed by atoms with Gasteiger partial charge in [0.15, 0.2) is 5.96 Å². The molecule has 0 aromatic rings. The van der Waals surface area contributed by atoms with Crippen molar-refractivity contribution in [3.8, 4) is 0 Å². The molecule has 24 heavy (non-hydrogen) atoms. The summed E-state index contributed by atoms with van der Waals surface area (Å²) in [4.78, 5) is 7.44. The normalized spacial score (nSPS) is 32.8. The Labute approximate surface area is 147 Å². The van der Waals surface area contributed by atoms with E-state index < -0.39 is 0 Å². The topological polar surface area (TPSA) is 48.9 Å². The fraction of sp³-hybridized carbons (Fsp3) is 0.947. The molecule has 2 bridgehead atoms. The molecule has 3 atom stereocenters. The first-order chi connectivity index (χ1) is 11.6. The first-order valence-corrected chi connectivity index (χ1v) is 10.0. The highest BCUT2D eigenvalue weighted by molar-refractivity contribution is 5.80. The van der Waals surface area contributed by atoms with Gasteiger partial charge >= 0.3 is 0 Å². The second-order valence-corrected chi connectivity index (χ2v) is 8.09. The molecule has 0 aromatic carbocycles. The van der Waals surface area contributed by atoms with Crippen LogP contribution in [0.4, 0.5) is 0 Å². The van der Waals surface area contributed by atoms with Gasteiger partial charge in [-0.15, -0.1) is 0 Å². The van der Waals surface area contributed by atoms with Crippen LogP contribution in [-0.4, -0.2) is 61.8 Å². The summed E-state index contributed by atoms with van der Waals surface area (Å²) in [6.07, 6.45) is 12.4. The Morgan fingerprint density at radius 3 is 2.46 bits per heavy atom. The minimum atomic E-state index is 0.226. The lowest BCUT2D eigenvalue weighted by molar-refractivity contribution is 0.0991. The minimum absolute atomic E-state index is 0.226. The molecule has 0 aromatic heterocycles. The number of guanidine groups is 1. The lowest BCUT2D eigenvalue weighted by atomic mass is 9.89. The lowest BCUT2D eigenvalue weighted by Crippen LogP contribution is -2.50. The van der Waals surface area contributed by atoms with Crippen molar-refractivity contribution in [2.24, 2.45) is 4.99 Å². The molecule has 1 aliphatic carbocycles. The number of nitrogens with one attached hydrogen (secondary N) is 2. The van der Waals surface area contributed by atoms with E-state index in [1.54, 1.807) is 0 Å². The van der Waals surface area contributed by atoms with Crippen LogP contribution < -0.4 is 10.6 Å². The predicted octanol–water partition coefficient (Wildman–Crippen LogP) is 2.52. The molecule has 2 N–H and O–H groups in total. The Bertz CT molecular complexity index is 429. The molecule has 5 heteroatoms. The summed E-state index contributed by atoms with van der Waals surface area (Å²) in [7, 11) is 4.45. The summed E-state index contributed by atoms with van der Waals surface area (Å²) in [5, 5.41) is 7.10. The van der Waals surface area contributed by atoms with E-state index in [2.05, 4.69) is 36.6 Å². The second kappa shape index (κ2) is 8.05. The highest BCUT2D eigenvalue weighted by Crippen LogP contribution is 2.34. The molecule has 0 radical (unpaired) electrons. The van der Waals surface area contributed by atoms with Gasteiger partial charge in [0.05, 0.1) is 24.8 Å². The van der Waals surface area contributed by atoms with Crippen molar-refractivity contribution in [2.75, 3.05) is 27.2 Å². The molecule has 0 amide bonds. The number of fused-ring (bicyclic) bond motifs is 2. The van der Waals surface area contributed by atoms with Crippen molar-refractivity contribution in [2.45, 2.75) is 88.5 Å². The number of ether oxygens (including phenoxy) is 1. The standard InChI is InChI=1S/C19H36N4O/c1-4-20-18(22-16-13-15-9-10-17(16)24-15)21-14-19(23(2)3)11-7-5-6-8-12-19/h15-17H,4-14H2,1-3H3,(H2,20,21,22). The third kappa shape index (κ3) is 4.05. The van der Waals surface area contributed by atoms with E-state index in [0.29, 0.717) is 18.2 Å². The predicted molar refractivity (Wildman–Crippen MR) is 99.5 cm³/mol. The molecule has 2 aliphatic heterocycles. The van der Waals surface area contributed by atoms with E-state index in [4.69, 9.17) is 9.73 Å². The summed E-state index contributed by atoms with van der Waals surface area (Å²) in [6, 6.07) is 0.436. The summed E-state index contributed by atoms with van der Waals surface area (Å²) >= 11 is 0. The summed E-state index contributed by atoms with van der Waals surface area (Å²) in [5.41, 5.74) is 0.226. The van der Waals surface area contributed by atoms with Gasteiger partial charge in [-0.25, -0.2) is 0 Å². The average molecular weight is 337 g/mol. The highest BCUT2D eigenvalue weighted by Gasteiger charge is 2.41. The molecule has 0 spiro atoms. The molecule has 1 saturated carbocycles. The third-order valence-corrected chi connectivity index (χ3v) is 6.29. The van der Waals surface area contributed by atoms with Crippen LogP contribution in [0.3, 0.4) is 0 Å². The van der Waals surface area contributed by atoms with Gasteiger partial charge in [0, 0.05) is 12.1 Å². The second-order valence-electron chi connectivity index (χ2n) is 8.09. The monoisotopic (exact) mass is 336 g/mol. The van der Waals surface area contributed by atoms with Gasteiger partial charge in [-0.3, -0.25) is 4.99 Å². The maximum atomic E-state index is 5.98. The number of hydrogen-bond donors (Lipinski definition) is 2. The smallest absolute Gasteiger partial charge is 0.191 e. The van der Waals surface area contributed by atoms with Gasteiger partial charge in [-0.2, -0.15) is 0 Å². The molecule has 3 fully saturated rings. The van der Waals surface area contributed by atoms with Gasteiger partial charge in [-0.05, 0) is 53.1 Å². The Morgan fingerprint density at radius 1 is 1.17 bits per heavy atom. The average Bonchev–Trinajstić information content (AvgIpc) is 3.09. The van der Waals surface area contributed by atoms with Crippen LogP contribution in [0.2, 0.25) is 0 Å². The molecule has 5 nitrogen and oxygen atoms in total. The van der Waals surface area contributed by atoms with Gasteiger partial charge < -0.3 is 20.3 Å². The fourth-order valence-corrected chi connectivity index (χ4v) is 4.65. The van der Waals surface area contributed by atoms with Gasteiger partial charge in [0.1, 0.15) is 0 Å². The Hall–Kier alpha value is -0.810. The zero-order valence-electron chi connectivity index (χ0n) is 15.8. The summed E-state index contributed by atoms with van der Waals surface area (Å²) in [5.74, 6) is 0.976. The van der Waals surface area contributed by atoms with Crippen LogP contribution in [-0.2, 0) is 4.74 Å². The molecule has 3 unspecified atom stereocenters. The minimum Gasteiger partial charge on any atom is -0.373 e. The van der Waals surface area contributed by atoms with Crippen LogP contribution in [0.1, 0.15) is 64.7 Å². The quantitative estimate of drug-likeness (QED) is 0.460. The fourth-order valence-electron chi connectivity index (χ4n) is 4.65.